The van der Waals surface area contributed by atoms with Gasteiger partial charge in [-0.3, -0.25) is 18.7 Å². The van der Waals surface area contributed by atoms with Crippen molar-refractivity contribution in [3.63, 3.8) is 0 Å². The summed E-state index contributed by atoms with van der Waals surface area (Å²) in [6, 6.07) is 13.1. The van der Waals surface area contributed by atoms with E-state index in [4.69, 9.17) is 0 Å². The fourth-order valence-corrected chi connectivity index (χ4v) is 4.03. The SMILES string of the molecule is CC(O)C(=O)N(c1ccc2ccccc2c1)C(C)Cn1cnc2c1c(=O)n(C)c(=O)n2C. The van der Waals surface area contributed by atoms with Gasteiger partial charge in [-0.2, -0.15) is 0 Å². The number of hydrogen-bond donors (Lipinski definition) is 1. The van der Waals surface area contributed by atoms with Crippen molar-refractivity contribution in [3.8, 4) is 0 Å². The second-order valence-electron chi connectivity index (χ2n) is 8.04. The molecule has 0 spiro atoms. The Morgan fingerprint density at radius 1 is 1.06 bits per heavy atom. The van der Waals surface area contributed by atoms with Gasteiger partial charge in [0, 0.05) is 26.3 Å². The van der Waals surface area contributed by atoms with Crippen molar-refractivity contribution in [1.29, 1.82) is 0 Å². The third-order valence-corrected chi connectivity index (χ3v) is 5.72. The van der Waals surface area contributed by atoms with Gasteiger partial charge in [-0.25, -0.2) is 9.78 Å². The van der Waals surface area contributed by atoms with Crippen molar-refractivity contribution in [3.05, 3.63) is 69.6 Å². The van der Waals surface area contributed by atoms with E-state index in [9.17, 15) is 19.5 Å². The average Bonchev–Trinajstić information content (AvgIpc) is 3.19. The third kappa shape index (κ3) is 3.50. The monoisotopic (exact) mass is 435 g/mol. The minimum Gasteiger partial charge on any atom is -0.384 e. The molecule has 2 heterocycles. The molecule has 1 amide bonds. The maximum atomic E-state index is 13.0. The number of imidazole rings is 1. The van der Waals surface area contributed by atoms with E-state index in [2.05, 4.69) is 4.98 Å². The highest BCUT2D eigenvalue weighted by Crippen LogP contribution is 2.25. The average molecular weight is 435 g/mol. The van der Waals surface area contributed by atoms with E-state index >= 15 is 0 Å². The number of benzene rings is 2. The quantitative estimate of drug-likeness (QED) is 0.510. The minimum absolute atomic E-state index is 0.245. The van der Waals surface area contributed by atoms with Gasteiger partial charge in [0.05, 0.1) is 12.4 Å². The van der Waals surface area contributed by atoms with Crippen LogP contribution in [0.15, 0.2) is 58.4 Å². The summed E-state index contributed by atoms with van der Waals surface area (Å²) >= 11 is 0. The van der Waals surface area contributed by atoms with Crippen LogP contribution < -0.4 is 16.1 Å². The lowest BCUT2D eigenvalue weighted by atomic mass is 10.1. The maximum Gasteiger partial charge on any atom is 0.332 e. The molecule has 2 unspecified atom stereocenters. The number of carbonyl (C=O) groups excluding carboxylic acids is 1. The molecule has 0 aliphatic rings. The topological polar surface area (TPSA) is 102 Å². The highest BCUT2D eigenvalue weighted by atomic mass is 16.3. The van der Waals surface area contributed by atoms with Gasteiger partial charge in [0.25, 0.3) is 11.5 Å². The number of anilines is 1. The van der Waals surface area contributed by atoms with Crippen molar-refractivity contribution >= 4 is 33.5 Å². The molecule has 0 bridgehead atoms. The Kier molecular flexibility index (Phi) is 5.43. The zero-order chi connectivity index (χ0) is 23.2. The molecule has 9 heteroatoms. The largest absolute Gasteiger partial charge is 0.384 e. The molecule has 0 saturated carbocycles. The number of hydrogen-bond acceptors (Lipinski definition) is 5. The van der Waals surface area contributed by atoms with Crippen LogP contribution in [0, 0.1) is 0 Å². The number of aliphatic hydroxyl groups is 1. The normalized spacial score (nSPS) is 13.4. The van der Waals surface area contributed by atoms with E-state index in [0.717, 1.165) is 15.3 Å². The van der Waals surface area contributed by atoms with Crippen molar-refractivity contribution < 1.29 is 9.90 Å². The Balaban J connectivity index is 1.79. The molecule has 0 aliphatic heterocycles. The fourth-order valence-electron chi connectivity index (χ4n) is 4.03. The number of aliphatic hydroxyl groups excluding tert-OH is 1. The van der Waals surface area contributed by atoms with E-state index < -0.39 is 29.3 Å². The van der Waals surface area contributed by atoms with Gasteiger partial charge in [0.2, 0.25) is 0 Å². The molecule has 0 radical (unpaired) electrons. The molecule has 9 nitrogen and oxygen atoms in total. The molecule has 4 aromatic rings. The fraction of sp³-hybridized carbons (Fsp3) is 0.304. The van der Waals surface area contributed by atoms with E-state index in [1.165, 1.54) is 29.8 Å². The molecule has 2 aromatic heterocycles. The van der Waals surface area contributed by atoms with Crippen LogP contribution in [-0.4, -0.2) is 41.8 Å². The van der Waals surface area contributed by atoms with Crippen molar-refractivity contribution in [1.82, 2.24) is 18.7 Å². The van der Waals surface area contributed by atoms with Gasteiger partial charge in [0.15, 0.2) is 11.2 Å². The van der Waals surface area contributed by atoms with Gasteiger partial charge >= 0.3 is 5.69 Å². The second kappa shape index (κ2) is 8.08. The molecule has 0 fully saturated rings. The van der Waals surface area contributed by atoms with Crippen LogP contribution in [0.4, 0.5) is 5.69 Å². The van der Waals surface area contributed by atoms with Crippen molar-refractivity contribution in [2.24, 2.45) is 14.1 Å². The van der Waals surface area contributed by atoms with Crippen LogP contribution >= 0.6 is 0 Å². The molecule has 0 aliphatic carbocycles. The van der Waals surface area contributed by atoms with Crippen molar-refractivity contribution in [2.45, 2.75) is 32.5 Å². The lowest BCUT2D eigenvalue weighted by Crippen LogP contribution is -2.46. The summed E-state index contributed by atoms with van der Waals surface area (Å²) in [4.78, 5) is 43.7. The summed E-state index contributed by atoms with van der Waals surface area (Å²) in [6.07, 6.45) is 0.296. The number of carbonyl (C=O) groups is 1. The molecule has 32 heavy (non-hydrogen) atoms. The highest BCUT2D eigenvalue weighted by Gasteiger charge is 2.27. The zero-order valence-electron chi connectivity index (χ0n) is 18.4. The van der Waals surface area contributed by atoms with Crippen LogP contribution in [-0.2, 0) is 25.4 Å². The van der Waals surface area contributed by atoms with E-state index in [-0.39, 0.29) is 17.7 Å². The van der Waals surface area contributed by atoms with E-state index in [1.807, 2.05) is 49.4 Å². The predicted octanol–water partition coefficient (Wildman–Crippen LogP) is 1.39. The van der Waals surface area contributed by atoms with E-state index in [0.29, 0.717) is 5.69 Å². The standard InChI is InChI=1S/C23H25N5O4/c1-14(12-27-13-24-20-19(27)22(31)26(4)23(32)25(20)3)28(21(30)15(2)29)18-10-9-16-7-5-6-8-17(16)11-18/h5-11,13-15,29H,12H2,1-4H3. The highest BCUT2D eigenvalue weighted by molar-refractivity contribution is 5.99. The maximum absolute atomic E-state index is 13.0. The molecular weight excluding hydrogens is 410 g/mol. The number of amides is 1. The smallest absolute Gasteiger partial charge is 0.332 e. The first-order valence-corrected chi connectivity index (χ1v) is 10.3. The summed E-state index contributed by atoms with van der Waals surface area (Å²) in [6.45, 7) is 3.52. The van der Waals surface area contributed by atoms with Gasteiger partial charge in [-0.15, -0.1) is 0 Å². The Bertz CT molecular complexity index is 1450. The summed E-state index contributed by atoms with van der Waals surface area (Å²) in [5.74, 6) is -0.447. The molecular formula is C23H25N5O4. The van der Waals surface area contributed by atoms with Gasteiger partial charge in [-0.1, -0.05) is 30.3 Å². The summed E-state index contributed by atoms with van der Waals surface area (Å²) in [5.41, 5.74) is 0.301. The van der Waals surface area contributed by atoms with Gasteiger partial charge in [0.1, 0.15) is 6.10 Å². The summed E-state index contributed by atoms with van der Waals surface area (Å²) in [7, 11) is 2.98. The summed E-state index contributed by atoms with van der Waals surface area (Å²) < 4.78 is 4.00. The van der Waals surface area contributed by atoms with Gasteiger partial charge < -0.3 is 14.6 Å². The molecule has 2 atom stereocenters. The zero-order valence-corrected chi connectivity index (χ0v) is 18.4. The number of aryl methyl sites for hydroxylation is 1. The lowest BCUT2D eigenvalue weighted by molar-refractivity contribution is -0.126. The predicted molar refractivity (Wildman–Crippen MR) is 123 cm³/mol. The van der Waals surface area contributed by atoms with Crippen LogP contribution in [0.3, 0.4) is 0 Å². The Morgan fingerprint density at radius 3 is 2.44 bits per heavy atom. The molecule has 2 aromatic carbocycles. The van der Waals surface area contributed by atoms with Crippen LogP contribution in [0.5, 0.6) is 0 Å². The molecule has 4 rings (SSSR count). The van der Waals surface area contributed by atoms with Crippen LogP contribution in [0.1, 0.15) is 13.8 Å². The number of fused-ring (bicyclic) bond motifs is 2. The summed E-state index contributed by atoms with van der Waals surface area (Å²) in [5, 5.41) is 12.1. The Labute approximate surface area is 183 Å². The molecule has 1 N–H and O–H groups in total. The number of rotatable bonds is 5. The van der Waals surface area contributed by atoms with Crippen LogP contribution in [0.25, 0.3) is 21.9 Å². The second-order valence-corrected chi connectivity index (χ2v) is 8.04. The van der Waals surface area contributed by atoms with Gasteiger partial charge in [-0.05, 0) is 36.8 Å². The third-order valence-electron chi connectivity index (χ3n) is 5.72. The Hall–Kier alpha value is -3.72. The Morgan fingerprint density at radius 2 is 1.75 bits per heavy atom. The minimum atomic E-state index is -1.20. The number of nitrogens with zero attached hydrogens (tertiary/aromatic N) is 5. The number of aromatic nitrogens is 4. The lowest BCUT2D eigenvalue weighted by Gasteiger charge is -2.31. The van der Waals surface area contributed by atoms with Crippen molar-refractivity contribution in [2.75, 3.05) is 4.90 Å². The first kappa shape index (κ1) is 21.5. The first-order valence-electron chi connectivity index (χ1n) is 10.3. The molecule has 0 saturated heterocycles. The van der Waals surface area contributed by atoms with E-state index in [1.54, 1.807) is 11.6 Å². The van der Waals surface area contributed by atoms with Crippen LogP contribution in [0.2, 0.25) is 0 Å². The first-order chi connectivity index (χ1) is 15.2. The molecule has 166 valence electrons.